The summed E-state index contributed by atoms with van der Waals surface area (Å²) in [5.74, 6) is 0.522. The largest absolute Gasteiger partial charge is 0.434 e. The Hall–Kier alpha value is -2.41. The third kappa shape index (κ3) is 3.03. The highest BCUT2D eigenvalue weighted by atomic mass is 16.6. The van der Waals surface area contributed by atoms with Crippen molar-refractivity contribution in [1.82, 2.24) is 9.78 Å². The number of aliphatic hydroxyl groups excluding tert-OH is 1. The molecule has 1 N–H and O–H groups in total. The summed E-state index contributed by atoms with van der Waals surface area (Å²) in [6.07, 6.45) is 0. The average Bonchev–Trinajstić information content (AvgIpc) is 2.76. The van der Waals surface area contributed by atoms with Gasteiger partial charge in [-0.3, -0.25) is 10.1 Å². The molecule has 0 saturated carbocycles. The predicted molar refractivity (Wildman–Crippen MR) is 76.4 cm³/mol. The molecule has 2 rings (SSSR count). The number of hydrogen-bond acceptors (Lipinski definition) is 5. The third-order valence-corrected chi connectivity index (χ3v) is 2.98. The Labute approximate surface area is 121 Å². The van der Waals surface area contributed by atoms with Gasteiger partial charge in [0, 0.05) is 0 Å². The maximum atomic E-state index is 11.2. The highest BCUT2D eigenvalue weighted by Gasteiger charge is 2.28. The van der Waals surface area contributed by atoms with Crippen LogP contribution in [0.1, 0.15) is 31.1 Å². The topological polar surface area (TPSA) is 90.4 Å². The summed E-state index contributed by atoms with van der Waals surface area (Å²) in [6, 6.07) is 6.70. The molecule has 1 aromatic heterocycles. The number of nitro groups is 1. The number of ether oxygens (including phenoxy) is 1. The minimum atomic E-state index is -0.494. The summed E-state index contributed by atoms with van der Waals surface area (Å²) >= 11 is 0. The van der Waals surface area contributed by atoms with E-state index in [1.54, 1.807) is 31.2 Å². The Morgan fingerprint density at radius 2 is 2.19 bits per heavy atom. The summed E-state index contributed by atoms with van der Waals surface area (Å²) in [7, 11) is 0. The summed E-state index contributed by atoms with van der Waals surface area (Å²) < 4.78 is 7.16. The standard InChI is InChI=1S/C14H17N3O4/c1-9(2)16-14(13(17(19)20)10(3)15-16)21-12-6-4-5-11(7-12)8-18/h4-7,9,18H,8H2,1-3H3. The van der Waals surface area contributed by atoms with Crippen molar-refractivity contribution in [2.75, 3.05) is 0 Å². The van der Waals surface area contributed by atoms with Gasteiger partial charge in [0.15, 0.2) is 0 Å². The molecule has 0 fully saturated rings. The average molecular weight is 291 g/mol. The van der Waals surface area contributed by atoms with Crippen LogP contribution in [0.4, 0.5) is 5.69 Å². The maximum absolute atomic E-state index is 11.2. The van der Waals surface area contributed by atoms with Gasteiger partial charge < -0.3 is 9.84 Å². The van der Waals surface area contributed by atoms with Crippen molar-refractivity contribution in [1.29, 1.82) is 0 Å². The van der Waals surface area contributed by atoms with Gasteiger partial charge in [0.1, 0.15) is 11.4 Å². The van der Waals surface area contributed by atoms with Gasteiger partial charge in [-0.25, -0.2) is 4.68 Å². The van der Waals surface area contributed by atoms with Gasteiger partial charge in [-0.15, -0.1) is 0 Å². The highest BCUT2D eigenvalue weighted by Crippen LogP contribution is 2.36. The lowest BCUT2D eigenvalue weighted by Crippen LogP contribution is -2.05. The predicted octanol–water partition coefficient (Wildman–Crippen LogP) is 2.97. The minimum Gasteiger partial charge on any atom is -0.434 e. The van der Waals surface area contributed by atoms with Gasteiger partial charge in [-0.2, -0.15) is 5.10 Å². The van der Waals surface area contributed by atoms with E-state index in [1.807, 2.05) is 13.8 Å². The van der Waals surface area contributed by atoms with Gasteiger partial charge in [0.25, 0.3) is 5.88 Å². The highest BCUT2D eigenvalue weighted by molar-refractivity contribution is 5.48. The zero-order valence-electron chi connectivity index (χ0n) is 12.1. The molecule has 0 aliphatic carbocycles. The van der Waals surface area contributed by atoms with Crippen LogP contribution in [0.15, 0.2) is 24.3 Å². The molecular weight excluding hydrogens is 274 g/mol. The first-order valence-electron chi connectivity index (χ1n) is 6.55. The molecule has 0 unspecified atom stereocenters. The van der Waals surface area contributed by atoms with E-state index in [1.165, 1.54) is 4.68 Å². The molecule has 2 aromatic rings. The van der Waals surface area contributed by atoms with Crippen LogP contribution in [-0.2, 0) is 6.61 Å². The van der Waals surface area contributed by atoms with E-state index in [9.17, 15) is 10.1 Å². The van der Waals surface area contributed by atoms with E-state index in [-0.39, 0.29) is 24.2 Å². The number of rotatable bonds is 5. The number of aliphatic hydroxyl groups is 1. The number of nitrogens with zero attached hydrogens (tertiary/aromatic N) is 3. The molecule has 0 bridgehead atoms. The lowest BCUT2D eigenvalue weighted by molar-refractivity contribution is -0.386. The van der Waals surface area contributed by atoms with Crippen LogP contribution in [0.2, 0.25) is 0 Å². The fourth-order valence-corrected chi connectivity index (χ4v) is 1.99. The second kappa shape index (κ2) is 5.92. The SMILES string of the molecule is Cc1nn(C(C)C)c(Oc2cccc(CO)c2)c1[N+](=O)[O-]. The Kier molecular flexibility index (Phi) is 4.23. The van der Waals surface area contributed by atoms with Crippen LogP contribution in [0.25, 0.3) is 0 Å². The van der Waals surface area contributed by atoms with Crippen molar-refractivity contribution in [2.45, 2.75) is 33.4 Å². The second-order valence-electron chi connectivity index (χ2n) is 4.94. The van der Waals surface area contributed by atoms with Crippen LogP contribution < -0.4 is 4.74 Å². The van der Waals surface area contributed by atoms with E-state index in [4.69, 9.17) is 9.84 Å². The molecule has 21 heavy (non-hydrogen) atoms. The molecule has 7 heteroatoms. The first-order chi connectivity index (χ1) is 9.93. The molecule has 112 valence electrons. The van der Waals surface area contributed by atoms with Gasteiger partial charge in [-0.1, -0.05) is 12.1 Å². The molecule has 1 aromatic carbocycles. The van der Waals surface area contributed by atoms with Crippen molar-refractivity contribution < 1.29 is 14.8 Å². The molecule has 0 aliphatic rings. The number of aryl methyl sites for hydroxylation is 1. The lowest BCUT2D eigenvalue weighted by Gasteiger charge is -2.11. The molecule has 0 radical (unpaired) electrons. The third-order valence-electron chi connectivity index (χ3n) is 2.98. The Bertz CT molecular complexity index is 664. The summed E-state index contributed by atoms with van der Waals surface area (Å²) in [6.45, 7) is 5.19. The summed E-state index contributed by atoms with van der Waals surface area (Å²) in [5.41, 5.74) is 0.836. The number of aromatic nitrogens is 2. The van der Waals surface area contributed by atoms with Crippen molar-refractivity contribution in [3.8, 4) is 11.6 Å². The summed E-state index contributed by atoms with van der Waals surface area (Å²) in [4.78, 5) is 10.7. The Morgan fingerprint density at radius 1 is 1.48 bits per heavy atom. The number of benzene rings is 1. The van der Waals surface area contributed by atoms with E-state index < -0.39 is 4.92 Å². The molecule has 0 atom stereocenters. The second-order valence-corrected chi connectivity index (χ2v) is 4.94. The first-order valence-corrected chi connectivity index (χ1v) is 6.55. The van der Waals surface area contributed by atoms with Crippen LogP contribution in [0.3, 0.4) is 0 Å². The van der Waals surface area contributed by atoms with E-state index >= 15 is 0 Å². The van der Waals surface area contributed by atoms with Crippen LogP contribution in [-0.4, -0.2) is 19.8 Å². The fraction of sp³-hybridized carbons (Fsp3) is 0.357. The first kappa shape index (κ1) is 15.0. The van der Waals surface area contributed by atoms with Crippen molar-refractivity contribution >= 4 is 5.69 Å². The Balaban J connectivity index is 2.48. The van der Waals surface area contributed by atoms with Crippen LogP contribution in [0, 0.1) is 17.0 Å². The monoisotopic (exact) mass is 291 g/mol. The zero-order chi connectivity index (χ0) is 15.6. The van der Waals surface area contributed by atoms with Crippen molar-refractivity contribution in [2.24, 2.45) is 0 Å². The zero-order valence-corrected chi connectivity index (χ0v) is 12.1. The fourth-order valence-electron chi connectivity index (χ4n) is 1.99. The number of hydrogen-bond donors (Lipinski definition) is 1. The van der Waals surface area contributed by atoms with Gasteiger partial charge in [0.2, 0.25) is 0 Å². The molecule has 0 saturated heterocycles. The van der Waals surface area contributed by atoms with Crippen LogP contribution in [0.5, 0.6) is 11.6 Å². The van der Waals surface area contributed by atoms with Crippen LogP contribution >= 0.6 is 0 Å². The smallest absolute Gasteiger partial charge is 0.353 e. The maximum Gasteiger partial charge on any atom is 0.353 e. The summed E-state index contributed by atoms with van der Waals surface area (Å²) in [5, 5.41) is 24.5. The van der Waals surface area contributed by atoms with E-state index in [0.717, 1.165) is 0 Å². The molecule has 7 nitrogen and oxygen atoms in total. The van der Waals surface area contributed by atoms with E-state index in [0.29, 0.717) is 17.0 Å². The van der Waals surface area contributed by atoms with Gasteiger partial charge >= 0.3 is 5.69 Å². The van der Waals surface area contributed by atoms with Gasteiger partial charge in [0.05, 0.1) is 17.6 Å². The van der Waals surface area contributed by atoms with Crippen molar-refractivity contribution in [3.63, 3.8) is 0 Å². The normalized spacial score (nSPS) is 10.9. The quantitative estimate of drug-likeness (QED) is 0.675. The van der Waals surface area contributed by atoms with E-state index in [2.05, 4.69) is 5.10 Å². The molecule has 0 aliphatic heterocycles. The van der Waals surface area contributed by atoms with Gasteiger partial charge in [-0.05, 0) is 38.5 Å². The minimum absolute atomic E-state index is 0.0755. The molecular formula is C14H17N3O4. The Morgan fingerprint density at radius 3 is 2.76 bits per heavy atom. The lowest BCUT2D eigenvalue weighted by atomic mass is 10.2. The molecule has 1 heterocycles. The molecule has 0 amide bonds. The molecule has 0 spiro atoms. The van der Waals surface area contributed by atoms with Crippen molar-refractivity contribution in [3.05, 3.63) is 45.6 Å².